The van der Waals surface area contributed by atoms with E-state index in [4.69, 9.17) is 0 Å². The van der Waals surface area contributed by atoms with Crippen LogP contribution in [0.25, 0.3) is 0 Å². The first-order valence-corrected chi connectivity index (χ1v) is 12.3. The van der Waals surface area contributed by atoms with Crippen LogP contribution in [0.2, 0.25) is 0 Å². The number of hydrogen-bond acceptors (Lipinski definition) is 2. The lowest BCUT2D eigenvalue weighted by molar-refractivity contribution is -0.501. The van der Waals surface area contributed by atoms with Crippen molar-refractivity contribution in [3.63, 3.8) is 0 Å². The molecule has 0 fully saturated rings. The number of hydrogen-bond donors (Lipinski definition) is 0. The zero-order valence-electron chi connectivity index (χ0n) is 25.3. The number of esters is 1. The van der Waals surface area contributed by atoms with Crippen LogP contribution >= 0.6 is 0 Å². The highest BCUT2D eigenvalue weighted by atomic mass is 19.5. The number of carbonyl (C=O) groups is 1. The van der Waals surface area contributed by atoms with Gasteiger partial charge in [0, 0.05) is 5.57 Å². The maximum atomic E-state index is 15.2. The molecule has 0 aromatic heterocycles. The molecule has 0 aliphatic rings. The Morgan fingerprint density at radius 2 is 0.500 bits per heavy atom. The second kappa shape index (κ2) is 13.4. The summed E-state index contributed by atoms with van der Waals surface area (Å²) in [5, 5.41) is 0. The topological polar surface area (TPSA) is 26.3 Å². The van der Waals surface area contributed by atoms with Crippen molar-refractivity contribution in [2.24, 2.45) is 0 Å². The van der Waals surface area contributed by atoms with Gasteiger partial charge in [0.05, 0.1) is 0 Å². The molecule has 0 aliphatic carbocycles. The first-order valence-electron chi connectivity index (χ1n) is 12.3. The van der Waals surface area contributed by atoms with E-state index in [0.717, 1.165) is 0 Å². The fourth-order valence-corrected chi connectivity index (χ4v) is 3.43. The molecule has 0 saturated carbocycles. The maximum Gasteiger partial charge on any atom is 0.460 e. The first kappa shape index (κ1) is 54.8. The van der Waals surface area contributed by atoms with E-state index < -0.39 is 120 Å². The summed E-state index contributed by atoms with van der Waals surface area (Å²) in [6.07, 6.45) is -26.3. The summed E-state index contributed by atoms with van der Waals surface area (Å²) < 4.78 is 479. The SMILES string of the molecule is C=C(C)C(=O)OC(F)(C(F)(F)C(F)(F)C(F)(F)C(F)(F)C(F)(F)C(F)(F)C(F)(F)C(F)(F)C(F)(F)F)C(F)(F)C(F)(F)C(F)(F)C(F)(F)C(F)(C(F)(F)F)C(F)(F)F. The molecule has 2 nitrogen and oxygen atoms in total. The molecule has 58 heavy (non-hydrogen) atoms. The smallest absolute Gasteiger partial charge is 0.413 e. The van der Waals surface area contributed by atoms with Crippen LogP contribution in [-0.2, 0) is 9.53 Å². The summed E-state index contributed by atoms with van der Waals surface area (Å²) in [7, 11) is 0. The molecule has 1 atom stereocenters. The van der Waals surface area contributed by atoms with E-state index in [-0.39, 0.29) is 0 Å². The predicted octanol–water partition coefficient (Wildman–Crippen LogP) is 11.8. The summed E-state index contributed by atoms with van der Waals surface area (Å²) in [5.41, 5.74) is -11.9. The molecule has 0 aromatic rings. The maximum absolute atomic E-state index is 15.2. The molecule has 0 amide bonds. The molecule has 0 bridgehead atoms. The Kier molecular flexibility index (Phi) is 12.6. The minimum absolute atomic E-state index is 0.468. The molecule has 0 aromatic carbocycles. The fourth-order valence-electron chi connectivity index (χ4n) is 3.43. The van der Waals surface area contributed by atoms with Crippen molar-refractivity contribution in [2.75, 3.05) is 0 Å². The average Bonchev–Trinajstić information content (AvgIpc) is 2.97. The van der Waals surface area contributed by atoms with E-state index in [1.807, 2.05) is 6.58 Å². The Labute approximate surface area is 290 Å². The molecule has 0 aliphatic heterocycles. The molecule has 0 radical (unpaired) electrons. The minimum Gasteiger partial charge on any atom is -0.413 e. The van der Waals surface area contributed by atoms with E-state index in [0.29, 0.717) is 0 Å². The quantitative estimate of drug-likeness (QED) is 0.0929. The highest BCUT2D eigenvalue weighted by Crippen LogP contribution is 2.70. The van der Waals surface area contributed by atoms with Crippen molar-refractivity contribution in [1.29, 1.82) is 0 Å². The molecule has 346 valence electrons. The molecule has 0 spiro atoms. The molecule has 0 rings (SSSR count). The van der Waals surface area contributed by atoms with Gasteiger partial charge in [0.15, 0.2) is 0 Å². The van der Waals surface area contributed by atoms with E-state index in [9.17, 15) is 154 Å². The van der Waals surface area contributed by atoms with Crippen LogP contribution in [0.4, 0.5) is 154 Å². The van der Waals surface area contributed by atoms with Gasteiger partial charge in [0.2, 0.25) is 0 Å². The van der Waals surface area contributed by atoms with Crippen LogP contribution in [-0.4, -0.2) is 107 Å². The van der Waals surface area contributed by atoms with Gasteiger partial charge in [-0.2, -0.15) is 149 Å². The fraction of sp³-hybridized carbons (Fsp3) is 0.857. The highest BCUT2D eigenvalue weighted by molar-refractivity contribution is 5.87. The summed E-state index contributed by atoms with van der Waals surface area (Å²) in [6.45, 7) is 1.40. The standard InChI is InChI=1S/C21H5F35O2/c1-3(2)4(57)58-18(47,15(41,42)12(35,36)7(25,26)6(23,24)5(22,19(48,49)50)20(51,52)53)16(43,44)13(37,38)10(31,32)8(27,28)9(29,30)11(33,34)14(39,40)17(45,46)21(54,55)56/h1H2,2H3. The van der Waals surface area contributed by atoms with Crippen LogP contribution in [0.5, 0.6) is 0 Å². The zero-order chi connectivity index (χ0) is 48.4. The number of ether oxygens (including phenoxy) is 1. The first-order chi connectivity index (χ1) is 24.3. The van der Waals surface area contributed by atoms with Crippen LogP contribution < -0.4 is 0 Å². The molecule has 0 heterocycles. The van der Waals surface area contributed by atoms with Crippen LogP contribution in [0.1, 0.15) is 6.92 Å². The van der Waals surface area contributed by atoms with E-state index in [1.54, 1.807) is 4.74 Å². The van der Waals surface area contributed by atoms with Gasteiger partial charge in [0.25, 0.3) is 0 Å². The second-order valence-electron chi connectivity index (χ2n) is 10.8. The zero-order valence-corrected chi connectivity index (χ0v) is 25.3. The summed E-state index contributed by atoms with van der Waals surface area (Å²) in [5.74, 6) is -134. The third-order valence-electron chi connectivity index (χ3n) is 6.90. The Bertz CT molecular complexity index is 1540. The molecule has 0 N–H and O–H groups in total. The number of halogens is 35. The predicted molar refractivity (Wildman–Crippen MR) is 106 cm³/mol. The van der Waals surface area contributed by atoms with E-state index in [1.165, 1.54) is 0 Å². The summed E-state index contributed by atoms with van der Waals surface area (Å²) >= 11 is 0. The van der Waals surface area contributed by atoms with Crippen molar-refractivity contribution in [3.8, 4) is 0 Å². The second-order valence-corrected chi connectivity index (χ2v) is 10.8. The third kappa shape index (κ3) is 6.30. The molecule has 0 saturated heterocycles. The number of alkyl halides is 35. The third-order valence-corrected chi connectivity index (χ3v) is 6.90. The lowest BCUT2D eigenvalue weighted by Gasteiger charge is -2.48. The van der Waals surface area contributed by atoms with E-state index >= 15 is 4.39 Å². The molecular formula is C21H5F35O2. The summed E-state index contributed by atoms with van der Waals surface area (Å²) in [4.78, 5) is 11.4. The molecule has 1 unspecified atom stereocenters. The van der Waals surface area contributed by atoms with Crippen molar-refractivity contribution < 1.29 is 163 Å². The van der Waals surface area contributed by atoms with Gasteiger partial charge in [-0.25, -0.2) is 9.18 Å². The van der Waals surface area contributed by atoms with Crippen molar-refractivity contribution in [2.45, 2.75) is 108 Å². The Hall–Kier alpha value is -3.24. The Morgan fingerprint density at radius 1 is 0.310 bits per heavy atom. The van der Waals surface area contributed by atoms with Gasteiger partial charge >= 0.3 is 107 Å². The van der Waals surface area contributed by atoms with E-state index in [2.05, 4.69) is 0 Å². The van der Waals surface area contributed by atoms with Gasteiger partial charge in [-0.1, -0.05) is 6.58 Å². The average molecular weight is 954 g/mol. The molecular weight excluding hydrogens is 949 g/mol. The van der Waals surface area contributed by atoms with Crippen molar-refractivity contribution in [3.05, 3.63) is 12.2 Å². The van der Waals surface area contributed by atoms with Gasteiger partial charge in [-0.05, 0) is 6.92 Å². The monoisotopic (exact) mass is 954 g/mol. The molecule has 37 heteroatoms. The lowest BCUT2D eigenvalue weighted by atomic mass is 9.80. The normalized spacial score (nSPS) is 17.6. The Balaban J connectivity index is 8.53. The van der Waals surface area contributed by atoms with Gasteiger partial charge in [0.1, 0.15) is 0 Å². The van der Waals surface area contributed by atoms with Gasteiger partial charge in [-0.15, -0.1) is 0 Å². The largest absolute Gasteiger partial charge is 0.460 e. The van der Waals surface area contributed by atoms with Gasteiger partial charge < -0.3 is 4.74 Å². The van der Waals surface area contributed by atoms with Crippen LogP contribution in [0.3, 0.4) is 0 Å². The number of carbonyl (C=O) groups excluding carboxylic acids is 1. The van der Waals surface area contributed by atoms with Crippen molar-refractivity contribution in [1.82, 2.24) is 0 Å². The Morgan fingerprint density at radius 3 is 0.690 bits per heavy atom. The number of rotatable bonds is 15. The van der Waals surface area contributed by atoms with Gasteiger partial charge in [-0.3, -0.25) is 0 Å². The summed E-state index contributed by atoms with van der Waals surface area (Å²) in [6, 6.07) is 0. The van der Waals surface area contributed by atoms with Crippen molar-refractivity contribution >= 4 is 5.97 Å². The minimum atomic E-state index is -10.3. The van der Waals surface area contributed by atoms with Crippen LogP contribution in [0, 0.1) is 0 Å². The van der Waals surface area contributed by atoms with Crippen LogP contribution in [0.15, 0.2) is 12.2 Å². The highest BCUT2D eigenvalue weighted by Gasteiger charge is 3.03. The lowest BCUT2D eigenvalue weighted by Crippen LogP contribution is -2.82.